The smallest absolute Gasteiger partial charge is 0.224 e. The standard InChI is InChI=1S/C21H34N4O2.HI/c1-5-27-19-13-16(2)8-9-18(19)14-24-21(22-4)23-11-10-20(26)25-12-6-7-17(3)15-25;/h8-9,13,17H,5-7,10-12,14-15H2,1-4H3,(H2,22,23,24);1H. The number of carbonyl (C=O) groups is 1. The molecule has 1 unspecified atom stereocenters. The van der Waals surface area contributed by atoms with Crippen molar-refractivity contribution in [2.75, 3.05) is 33.3 Å². The predicted octanol–water partition coefficient (Wildman–Crippen LogP) is 3.33. The van der Waals surface area contributed by atoms with Crippen LogP contribution in [0.1, 0.15) is 44.2 Å². The van der Waals surface area contributed by atoms with Crippen molar-refractivity contribution in [3.63, 3.8) is 0 Å². The van der Waals surface area contributed by atoms with E-state index in [2.05, 4.69) is 47.7 Å². The Kier molecular flexibility index (Phi) is 11.3. The molecule has 1 fully saturated rings. The predicted molar refractivity (Wildman–Crippen MR) is 126 cm³/mol. The van der Waals surface area contributed by atoms with Crippen molar-refractivity contribution >= 4 is 35.8 Å². The van der Waals surface area contributed by atoms with Gasteiger partial charge in [0.05, 0.1) is 6.61 Å². The van der Waals surface area contributed by atoms with Crippen LogP contribution in [0, 0.1) is 12.8 Å². The third-order valence-corrected chi connectivity index (χ3v) is 4.83. The van der Waals surface area contributed by atoms with E-state index >= 15 is 0 Å². The molecule has 1 aromatic carbocycles. The van der Waals surface area contributed by atoms with Gasteiger partial charge in [-0.3, -0.25) is 9.79 Å². The normalized spacial score (nSPS) is 16.9. The number of carbonyl (C=O) groups excluding carboxylic acids is 1. The van der Waals surface area contributed by atoms with Crippen LogP contribution in [0.5, 0.6) is 5.75 Å². The highest BCUT2D eigenvalue weighted by molar-refractivity contribution is 14.0. The summed E-state index contributed by atoms with van der Waals surface area (Å²) >= 11 is 0. The molecule has 28 heavy (non-hydrogen) atoms. The fourth-order valence-corrected chi connectivity index (χ4v) is 3.36. The molecule has 1 aromatic rings. The number of likely N-dealkylation sites (tertiary alicyclic amines) is 1. The minimum Gasteiger partial charge on any atom is -0.494 e. The average molecular weight is 502 g/mol. The Morgan fingerprint density at radius 3 is 2.82 bits per heavy atom. The molecule has 0 saturated carbocycles. The monoisotopic (exact) mass is 502 g/mol. The Morgan fingerprint density at radius 1 is 1.36 bits per heavy atom. The lowest BCUT2D eigenvalue weighted by Crippen LogP contribution is -2.42. The van der Waals surface area contributed by atoms with Gasteiger partial charge in [0.25, 0.3) is 0 Å². The maximum absolute atomic E-state index is 12.4. The number of nitrogens with one attached hydrogen (secondary N) is 2. The van der Waals surface area contributed by atoms with Gasteiger partial charge in [0, 0.05) is 45.2 Å². The molecule has 2 N–H and O–H groups in total. The van der Waals surface area contributed by atoms with Crippen LogP contribution in [-0.2, 0) is 11.3 Å². The fourth-order valence-electron chi connectivity index (χ4n) is 3.36. The van der Waals surface area contributed by atoms with Crippen molar-refractivity contribution in [3.05, 3.63) is 29.3 Å². The maximum atomic E-state index is 12.4. The molecule has 0 spiro atoms. The molecule has 2 rings (SSSR count). The summed E-state index contributed by atoms with van der Waals surface area (Å²) in [6, 6.07) is 6.20. The summed E-state index contributed by atoms with van der Waals surface area (Å²) in [5, 5.41) is 6.53. The van der Waals surface area contributed by atoms with Crippen LogP contribution in [-0.4, -0.2) is 50.1 Å². The summed E-state index contributed by atoms with van der Waals surface area (Å²) in [7, 11) is 1.74. The Morgan fingerprint density at radius 2 is 2.14 bits per heavy atom. The summed E-state index contributed by atoms with van der Waals surface area (Å²) < 4.78 is 5.72. The Balaban J connectivity index is 0.00000392. The first-order valence-corrected chi connectivity index (χ1v) is 9.98. The van der Waals surface area contributed by atoms with Crippen molar-refractivity contribution in [1.82, 2.24) is 15.5 Å². The molecule has 158 valence electrons. The molecule has 7 heteroatoms. The number of piperidine rings is 1. The van der Waals surface area contributed by atoms with Gasteiger partial charge in [-0.15, -0.1) is 24.0 Å². The molecule has 1 aliphatic rings. The first kappa shape index (κ1) is 24.5. The number of halogens is 1. The molecule has 1 atom stereocenters. The summed E-state index contributed by atoms with van der Waals surface area (Å²) in [6.07, 6.45) is 2.83. The summed E-state index contributed by atoms with van der Waals surface area (Å²) in [6.45, 7) is 9.87. The number of amides is 1. The van der Waals surface area contributed by atoms with E-state index in [0.29, 0.717) is 38.0 Å². The second kappa shape index (κ2) is 12.9. The van der Waals surface area contributed by atoms with E-state index in [-0.39, 0.29) is 29.9 Å². The molecule has 1 aliphatic heterocycles. The van der Waals surface area contributed by atoms with Crippen LogP contribution < -0.4 is 15.4 Å². The minimum atomic E-state index is 0. The topological polar surface area (TPSA) is 66.0 Å². The van der Waals surface area contributed by atoms with Crippen LogP contribution in [0.15, 0.2) is 23.2 Å². The molecule has 1 amide bonds. The third-order valence-electron chi connectivity index (χ3n) is 4.83. The number of guanidine groups is 1. The summed E-state index contributed by atoms with van der Waals surface area (Å²) in [5.41, 5.74) is 2.26. The van der Waals surface area contributed by atoms with Crippen molar-refractivity contribution < 1.29 is 9.53 Å². The van der Waals surface area contributed by atoms with E-state index in [4.69, 9.17) is 4.74 Å². The van der Waals surface area contributed by atoms with E-state index in [1.54, 1.807) is 7.05 Å². The molecule has 0 aliphatic carbocycles. The molecule has 0 radical (unpaired) electrons. The van der Waals surface area contributed by atoms with Crippen LogP contribution in [0.4, 0.5) is 0 Å². The van der Waals surface area contributed by atoms with Crippen LogP contribution >= 0.6 is 24.0 Å². The SMILES string of the molecule is CCOc1cc(C)ccc1CNC(=NC)NCCC(=O)N1CCCC(C)C1.I. The first-order valence-electron chi connectivity index (χ1n) is 9.98. The van der Waals surface area contributed by atoms with Crippen LogP contribution in [0.3, 0.4) is 0 Å². The third kappa shape index (κ3) is 7.85. The molecule has 1 saturated heterocycles. The lowest BCUT2D eigenvalue weighted by Gasteiger charge is -2.31. The zero-order valence-corrected chi connectivity index (χ0v) is 19.9. The number of aryl methyl sites for hydroxylation is 1. The van der Waals surface area contributed by atoms with Gasteiger partial charge in [0.15, 0.2) is 5.96 Å². The Bertz CT molecular complexity index is 651. The molecular formula is C21H35IN4O2. The van der Waals surface area contributed by atoms with Gasteiger partial charge in [-0.05, 0) is 44.2 Å². The lowest BCUT2D eigenvalue weighted by molar-refractivity contribution is -0.132. The van der Waals surface area contributed by atoms with E-state index in [1.807, 2.05) is 11.8 Å². The number of hydrogen-bond acceptors (Lipinski definition) is 3. The number of nitrogens with zero attached hydrogens (tertiary/aromatic N) is 2. The summed E-state index contributed by atoms with van der Waals surface area (Å²) in [4.78, 5) is 18.6. The van der Waals surface area contributed by atoms with Crippen molar-refractivity contribution in [2.45, 2.75) is 46.6 Å². The highest BCUT2D eigenvalue weighted by atomic mass is 127. The largest absolute Gasteiger partial charge is 0.494 e. The molecule has 1 heterocycles. The number of ether oxygens (including phenoxy) is 1. The zero-order chi connectivity index (χ0) is 19.6. The van der Waals surface area contributed by atoms with Crippen molar-refractivity contribution in [2.24, 2.45) is 10.9 Å². The zero-order valence-electron chi connectivity index (χ0n) is 17.6. The second-order valence-electron chi connectivity index (χ2n) is 7.23. The highest BCUT2D eigenvalue weighted by Gasteiger charge is 2.20. The Labute approximate surface area is 186 Å². The van der Waals surface area contributed by atoms with Gasteiger partial charge < -0.3 is 20.3 Å². The van der Waals surface area contributed by atoms with E-state index in [1.165, 1.54) is 12.0 Å². The van der Waals surface area contributed by atoms with Gasteiger partial charge in [-0.2, -0.15) is 0 Å². The molecule has 0 aromatic heterocycles. The van der Waals surface area contributed by atoms with Crippen molar-refractivity contribution in [3.8, 4) is 5.75 Å². The molecular weight excluding hydrogens is 467 g/mol. The maximum Gasteiger partial charge on any atom is 0.224 e. The minimum absolute atomic E-state index is 0. The number of benzene rings is 1. The van der Waals surface area contributed by atoms with Crippen molar-refractivity contribution in [1.29, 1.82) is 0 Å². The number of rotatable bonds is 7. The van der Waals surface area contributed by atoms with E-state index in [0.717, 1.165) is 30.8 Å². The highest BCUT2D eigenvalue weighted by Crippen LogP contribution is 2.20. The second-order valence-corrected chi connectivity index (χ2v) is 7.23. The fraction of sp³-hybridized carbons (Fsp3) is 0.619. The van der Waals surface area contributed by atoms with Gasteiger partial charge >= 0.3 is 0 Å². The average Bonchev–Trinajstić information content (AvgIpc) is 2.66. The van der Waals surface area contributed by atoms with Gasteiger partial charge in [0.1, 0.15) is 5.75 Å². The van der Waals surface area contributed by atoms with Gasteiger partial charge in [-0.1, -0.05) is 19.1 Å². The van der Waals surface area contributed by atoms with Crippen LogP contribution in [0.2, 0.25) is 0 Å². The van der Waals surface area contributed by atoms with Crippen LogP contribution in [0.25, 0.3) is 0 Å². The van der Waals surface area contributed by atoms with E-state index < -0.39 is 0 Å². The first-order chi connectivity index (χ1) is 13.0. The summed E-state index contributed by atoms with van der Waals surface area (Å²) in [5.74, 6) is 2.42. The molecule has 6 nitrogen and oxygen atoms in total. The Hall–Kier alpha value is -1.51. The molecule has 0 bridgehead atoms. The van der Waals surface area contributed by atoms with E-state index in [9.17, 15) is 4.79 Å². The van der Waals surface area contributed by atoms with Gasteiger partial charge in [-0.25, -0.2) is 0 Å². The number of hydrogen-bond donors (Lipinski definition) is 2. The lowest BCUT2D eigenvalue weighted by atomic mass is 10.00. The number of aliphatic imine (C=N–C) groups is 1. The van der Waals surface area contributed by atoms with Gasteiger partial charge in [0.2, 0.25) is 5.91 Å². The quantitative estimate of drug-likeness (QED) is 0.341.